The van der Waals surface area contributed by atoms with E-state index in [1.54, 1.807) is 24.3 Å². The molecule has 0 aromatic heterocycles. The zero-order chi connectivity index (χ0) is 27.9. The number of carbonyl (C=O) groups is 1. The molecule has 0 saturated carbocycles. The smallest absolute Gasteiger partial charge is 0.354 e. The molecular formula is C26H24F6N2O3S. The van der Waals surface area contributed by atoms with E-state index < -0.39 is 42.3 Å². The summed E-state index contributed by atoms with van der Waals surface area (Å²) in [5.41, 5.74) is -1.87. The summed E-state index contributed by atoms with van der Waals surface area (Å²) >= 11 is 1.05. The minimum Gasteiger partial charge on any atom is -0.354 e. The molecule has 0 bridgehead atoms. The lowest BCUT2D eigenvalue weighted by atomic mass is 10.0. The van der Waals surface area contributed by atoms with Gasteiger partial charge in [-0.1, -0.05) is 42.5 Å². The van der Waals surface area contributed by atoms with Gasteiger partial charge >= 0.3 is 18.4 Å². The second kappa shape index (κ2) is 12.5. The van der Waals surface area contributed by atoms with E-state index in [2.05, 4.69) is 5.32 Å². The third-order valence-electron chi connectivity index (χ3n) is 5.39. The van der Waals surface area contributed by atoms with Crippen molar-refractivity contribution in [2.24, 2.45) is 0 Å². The molecule has 0 spiro atoms. The molecule has 0 heterocycles. The minimum atomic E-state index is -4.98. The van der Waals surface area contributed by atoms with Crippen LogP contribution in [0.5, 0.6) is 0 Å². The number of benzene rings is 3. The Morgan fingerprint density at radius 1 is 0.921 bits per heavy atom. The van der Waals surface area contributed by atoms with Crippen molar-refractivity contribution >= 4 is 23.8 Å². The van der Waals surface area contributed by atoms with Gasteiger partial charge in [0.1, 0.15) is 6.73 Å². The number of amides is 2. The van der Waals surface area contributed by atoms with Crippen molar-refractivity contribution in [3.05, 3.63) is 95.1 Å². The van der Waals surface area contributed by atoms with E-state index in [0.717, 1.165) is 17.6 Å². The third-order valence-corrected chi connectivity index (χ3v) is 6.09. The number of hydrogen-bond acceptors (Lipinski definition) is 4. The predicted octanol–water partition coefficient (Wildman–Crippen LogP) is 7.83. The molecular weight excluding hydrogens is 534 g/mol. The van der Waals surface area contributed by atoms with Crippen LogP contribution >= 0.6 is 12.0 Å². The second-order valence-electron chi connectivity index (χ2n) is 8.06. The molecule has 0 aliphatic heterocycles. The number of rotatable bonds is 9. The van der Waals surface area contributed by atoms with Crippen molar-refractivity contribution in [1.29, 1.82) is 0 Å². The summed E-state index contributed by atoms with van der Waals surface area (Å²) < 4.78 is 89.7. The maximum atomic E-state index is 13.2. The molecule has 12 heteroatoms. The minimum absolute atomic E-state index is 0.0505. The molecule has 3 rings (SSSR count). The van der Waals surface area contributed by atoms with Crippen LogP contribution in [0.15, 0.2) is 77.7 Å². The van der Waals surface area contributed by atoms with Crippen LogP contribution in [0.4, 0.5) is 36.8 Å². The summed E-state index contributed by atoms with van der Waals surface area (Å²) in [5.74, 6) is 0. The Balaban J connectivity index is 1.78. The fraction of sp³-hybridized carbons (Fsp3) is 0.269. The SMILES string of the molecule is COSc1ccccc1N(Cc1ccccc1)C(=O)NCO[C@H](C)c1cc(C(F)(F)F)cc(C(F)(F)F)c1. The molecule has 0 radical (unpaired) electrons. The van der Waals surface area contributed by atoms with Gasteiger partial charge in [0.05, 0.1) is 41.5 Å². The van der Waals surface area contributed by atoms with Gasteiger partial charge in [0.2, 0.25) is 0 Å². The molecule has 3 aromatic rings. The van der Waals surface area contributed by atoms with E-state index in [9.17, 15) is 31.1 Å². The largest absolute Gasteiger partial charge is 0.416 e. The molecule has 5 nitrogen and oxygen atoms in total. The number of halogens is 6. The molecule has 1 N–H and O–H groups in total. The maximum Gasteiger partial charge on any atom is 0.416 e. The molecule has 204 valence electrons. The molecule has 3 aromatic carbocycles. The number of alkyl halides is 6. The highest BCUT2D eigenvalue weighted by Gasteiger charge is 2.37. The standard InChI is InChI=1S/C26H24F6N2O3S/c1-17(19-12-20(25(27,28)29)14-21(13-19)26(30,31)32)37-16-33-24(35)34(15-18-8-4-3-5-9-18)22-10-6-7-11-23(22)38-36-2/h3-14,17H,15-16H2,1-2H3,(H,33,35)/t17-/m1/s1. The Bertz CT molecular complexity index is 1190. The molecule has 0 saturated heterocycles. The van der Waals surface area contributed by atoms with E-state index in [0.29, 0.717) is 22.7 Å². The highest BCUT2D eigenvalue weighted by atomic mass is 32.2. The van der Waals surface area contributed by atoms with Crippen molar-refractivity contribution in [2.45, 2.75) is 36.8 Å². The highest BCUT2D eigenvalue weighted by molar-refractivity contribution is 7.94. The first-order valence-electron chi connectivity index (χ1n) is 11.2. The second-order valence-corrected chi connectivity index (χ2v) is 9.00. The zero-order valence-electron chi connectivity index (χ0n) is 20.3. The van der Waals surface area contributed by atoms with E-state index in [1.807, 2.05) is 30.3 Å². The van der Waals surface area contributed by atoms with E-state index >= 15 is 0 Å². The van der Waals surface area contributed by atoms with Gasteiger partial charge in [0.25, 0.3) is 0 Å². The average Bonchev–Trinajstić information content (AvgIpc) is 2.87. The Morgan fingerprint density at radius 3 is 2.08 bits per heavy atom. The first-order valence-corrected chi connectivity index (χ1v) is 11.9. The van der Waals surface area contributed by atoms with Crippen LogP contribution < -0.4 is 10.2 Å². The average molecular weight is 559 g/mol. The van der Waals surface area contributed by atoms with Gasteiger partial charge < -0.3 is 14.2 Å². The van der Waals surface area contributed by atoms with Crippen LogP contribution in [0.1, 0.15) is 35.3 Å². The van der Waals surface area contributed by atoms with Crippen molar-refractivity contribution in [2.75, 3.05) is 18.7 Å². The summed E-state index contributed by atoms with van der Waals surface area (Å²) in [6.45, 7) is 1.00. The first-order chi connectivity index (χ1) is 17.9. The molecule has 0 fully saturated rings. The Labute approximate surface area is 219 Å². The van der Waals surface area contributed by atoms with Crippen LogP contribution in [0.3, 0.4) is 0 Å². The Morgan fingerprint density at radius 2 is 1.50 bits per heavy atom. The molecule has 1 atom stereocenters. The van der Waals surface area contributed by atoms with Gasteiger partial charge in [0, 0.05) is 12.0 Å². The normalized spacial score (nSPS) is 12.7. The number of urea groups is 1. The lowest BCUT2D eigenvalue weighted by molar-refractivity contribution is -0.143. The van der Waals surface area contributed by atoms with Gasteiger partial charge in [0.15, 0.2) is 0 Å². The monoisotopic (exact) mass is 558 g/mol. The summed E-state index contributed by atoms with van der Waals surface area (Å²) in [5, 5.41) is 2.53. The topological polar surface area (TPSA) is 50.8 Å². The number of para-hydroxylation sites is 1. The summed E-state index contributed by atoms with van der Waals surface area (Å²) in [4.78, 5) is 15.3. The Hall–Kier alpha value is -3.22. The first kappa shape index (κ1) is 29.3. The van der Waals surface area contributed by atoms with Crippen LogP contribution in [-0.4, -0.2) is 19.9 Å². The quantitative estimate of drug-likeness (QED) is 0.165. The van der Waals surface area contributed by atoms with Crippen molar-refractivity contribution in [3.8, 4) is 0 Å². The van der Waals surface area contributed by atoms with Crippen molar-refractivity contribution in [3.63, 3.8) is 0 Å². The number of nitrogens with zero attached hydrogens (tertiary/aromatic N) is 1. The fourth-order valence-electron chi connectivity index (χ4n) is 3.51. The third kappa shape index (κ3) is 7.89. The summed E-state index contributed by atoms with van der Waals surface area (Å²) in [7, 11) is 1.48. The molecule has 0 aliphatic carbocycles. The van der Waals surface area contributed by atoms with Crippen LogP contribution in [0, 0.1) is 0 Å². The maximum absolute atomic E-state index is 13.2. The predicted molar refractivity (Wildman–Crippen MR) is 131 cm³/mol. The van der Waals surface area contributed by atoms with Crippen LogP contribution in [0.25, 0.3) is 0 Å². The number of anilines is 1. The fourth-order valence-corrected chi connectivity index (χ4v) is 4.08. The van der Waals surface area contributed by atoms with E-state index in [-0.39, 0.29) is 18.2 Å². The molecule has 0 aliphatic rings. The van der Waals surface area contributed by atoms with Gasteiger partial charge in [-0.2, -0.15) is 26.3 Å². The molecule has 38 heavy (non-hydrogen) atoms. The van der Waals surface area contributed by atoms with E-state index in [1.165, 1.54) is 18.9 Å². The van der Waals surface area contributed by atoms with Gasteiger partial charge in [-0.25, -0.2) is 4.79 Å². The summed E-state index contributed by atoms with van der Waals surface area (Å²) in [6.07, 6.45) is -11.1. The zero-order valence-corrected chi connectivity index (χ0v) is 21.1. The molecule has 0 unspecified atom stereocenters. The van der Waals surface area contributed by atoms with Crippen molar-refractivity contribution in [1.82, 2.24) is 5.32 Å². The molecule has 2 amide bonds. The summed E-state index contributed by atoms with van der Waals surface area (Å²) in [6, 6.07) is 16.8. The van der Waals surface area contributed by atoms with Gasteiger partial charge in [-0.05, 0) is 48.4 Å². The van der Waals surface area contributed by atoms with E-state index in [4.69, 9.17) is 8.92 Å². The van der Waals surface area contributed by atoms with Crippen molar-refractivity contribution < 1.29 is 40.1 Å². The Kier molecular flexibility index (Phi) is 9.69. The van der Waals surface area contributed by atoms with Gasteiger partial charge in [-0.3, -0.25) is 4.90 Å². The number of hydrogen-bond donors (Lipinski definition) is 1. The number of nitrogens with one attached hydrogen (secondary N) is 1. The lowest BCUT2D eigenvalue weighted by Crippen LogP contribution is -2.41. The van der Waals surface area contributed by atoms with Crippen LogP contribution in [0.2, 0.25) is 0 Å². The van der Waals surface area contributed by atoms with Gasteiger partial charge in [-0.15, -0.1) is 0 Å². The van der Waals surface area contributed by atoms with Crippen LogP contribution in [-0.2, 0) is 27.8 Å². The lowest BCUT2D eigenvalue weighted by Gasteiger charge is -2.26. The number of ether oxygens (including phenoxy) is 1. The number of carbonyl (C=O) groups excluding carboxylic acids is 1. The highest BCUT2D eigenvalue weighted by Crippen LogP contribution is 2.38.